The lowest BCUT2D eigenvalue weighted by atomic mass is 10.1. The molecule has 2 N–H and O–H groups in total. The predicted molar refractivity (Wildman–Crippen MR) is 154 cm³/mol. The van der Waals surface area contributed by atoms with Gasteiger partial charge in [-0.15, -0.1) is 5.10 Å². The first kappa shape index (κ1) is 25.8. The first-order chi connectivity index (χ1) is 19.3. The van der Waals surface area contributed by atoms with Gasteiger partial charge >= 0.3 is 0 Å². The van der Waals surface area contributed by atoms with Crippen LogP contribution in [0, 0.1) is 0 Å². The highest BCUT2D eigenvalue weighted by atomic mass is 35.5. The van der Waals surface area contributed by atoms with Crippen molar-refractivity contribution in [1.29, 1.82) is 0 Å². The minimum Gasteiger partial charge on any atom is -0.495 e. The van der Waals surface area contributed by atoms with Crippen molar-refractivity contribution in [2.45, 2.75) is 17.7 Å². The number of aryl methyl sites for hydroxylation is 1. The third-order valence-electron chi connectivity index (χ3n) is 6.72. The number of hydrogen-bond donors (Lipinski definition) is 2. The Hall–Kier alpha value is -4.41. The molecule has 0 saturated heterocycles. The van der Waals surface area contributed by atoms with Gasteiger partial charge in [-0.3, -0.25) is 4.79 Å². The summed E-state index contributed by atoms with van der Waals surface area (Å²) in [6.07, 6.45) is 2.59. The molecule has 1 amide bonds. The number of benzene rings is 3. The molecule has 0 spiro atoms. The molecule has 11 heteroatoms. The number of methoxy groups -OCH3 is 1. The molecule has 202 valence electrons. The minimum absolute atomic E-state index is 0.0983. The number of anilines is 3. The van der Waals surface area contributed by atoms with Gasteiger partial charge in [0.05, 0.1) is 29.9 Å². The number of fused-ring (bicyclic) bond motifs is 2. The molecule has 3 heterocycles. The van der Waals surface area contributed by atoms with Gasteiger partial charge in [-0.25, -0.2) is 12.9 Å². The molecule has 5 aromatic rings. The number of ether oxygens (including phenoxy) is 1. The normalized spacial score (nSPS) is 13.7. The largest absolute Gasteiger partial charge is 0.495 e. The van der Waals surface area contributed by atoms with Gasteiger partial charge in [-0.1, -0.05) is 35.9 Å². The van der Waals surface area contributed by atoms with E-state index in [9.17, 15) is 13.2 Å². The average Bonchev–Trinajstić information content (AvgIpc) is 3.48. The Balaban J connectivity index is 1.17. The van der Waals surface area contributed by atoms with E-state index in [1.807, 2.05) is 54.7 Å². The van der Waals surface area contributed by atoms with Crippen molar-refractivity contribution >= 4 is 50.3 Å². The van der Waals surface area contributed by atoms with Crippen LogP contribution in [0.1, 0.15) is 11.1 Å². The van der Waals surface area contributed by atoms with E-state index in [1.54, 1.807) is 28.8 Å². The second kappa shape index (κ2) is 10.3. The van der Waals surface area contributed by atoms with Crippen LogP contribution in [-0.4, -0.2) is 41.8 Å². The molecule has 3 aromatic carbocycles. The van der Waals surface area contributed by atoms with Crippen molar-refractivity contribution in [3.63, 3.8) is 0 Å². The van der Waals surface area contributed by atoms with E-state index in [0.717, 1.165) is 22.3 Å². The highest BCUT2D eigenvalue weighted by Crippen LogP contribution is 2.36. The Morgan fingerprint density at radius 3 is 2.52 bits per heavy atom. The summed E-state index contributed by atoms with van der Waals surface area (Å²) in [5, 5.41) is 11.3. The Morgan fingerprint density at radius 2 is 1.77 bits per heavy atom. The topological polar surface area (TPSA) is 115 Å². The molecule has 0 bridgehead atoms. The summed E-state index contributed by atoms with van der Waals surface area (Å²) < 4.78 is 31.7. The molecular weight excluding hydrogens is 550 g/mol. The summed E-state index contributed by atoms with van der Waals surface area (Å²) in [5.74, 6) is 0.751. The molecule has 9 nitrogen and oxygen atoms in total. The number of aromatic nitrogens is 3. The number of hydrogen-bond acceptors (Lipinski definition) is 7. The lowest BCUT2D eigenvalue weighted by Gasteiger charge is -2.11. The van der Waals surface area contributed by atoms with E-state index < -0.39 is 9.84 Å². The van der Waals surface area contributed by atoms with Crippen molar-refractivity contribution in [1.82, 2.24) is 14.6 Å². The maximum Gasteiger partial charge on any atom is 0.247 e. The number of carbonyl (C=O) groups is 1. The van der Waals surface area contributed by atoms with Crippen LogP contribution in [0.3, 0.4) is 0 Å². The minimum atomic E-state index is -3.27. The van der Waals surface area contributed by atoms with Crippen LogP contribution in [0.5, 0.6) is 5.75 Å². The second-order valence-electron chi connectivity index (χ2n) is 9.44. The fraction of sp³-hybridized carbons (Fsp3) is 0.138. The Bertz CT molecular complexity index is 1850. The molecule has 0 unspecified atom stereocenters. The molecule has 0 saturated carbocycles. The van der Waals surface area contributed by atoms with Crippen LogP contribution >= 0.6 is 11.6 Å². The molecule has 0 radical (unpaired) electrons. The Labute approximate surface area is 235 Å². The number of halogens is 1. The number of pyridine rings is 1. The van der Waals surface area contributed by atoms with Crippen molar-refractivity contribution in [3.05, 3.63) is 95.1 Å². The van der Waals surface area contributed by atoms with Gasteiger partial charge in [0.25, 0.3) is 0 Å². The monoisotopic (exact) mass is 573 g/mol. The van der Waals surface area contributed by atoms with Crippen LogP contribution in [0.2, 0.25) is 5.02 Å². The van der Waals surface area contributed by atoms with Crippen LogP contribution in [-0.2, 0) is 27.5 Å². The quantitative estimate of drug-likeness (QED) is 0.271. The number of nitrogens with one attached hydrogen (secondary N) is 2. The fourth-order valence-electron chi connectivity index (χ4n) is 4.68. The molecular formula is C29H24ClN5O4S. The fourth-order valence-corrected chi connectivity index (χ4v) is 6.36. The first-order valence-electron chi connectivity index (χ1n) is 12.5. The molecule has 6 rings (SSSR count). The summed E-state index contributed by atoms with van der Waals surface area (Å²) in [6.45, 7) is 0. The number of sulfone groups is 1. The van der Waals surface area contributed by atoms with Gasteiger partial charge in [0.15, 0.2) is 15.5 Å². The average molecular weight is 574 g/mol. The van der Waals surface area contributed by atoms with E-state index >= 15 is 0 Å². The molecule has 0 aliphatic carbocycles. The van der Waals surface area contributed by atoms with Gasteiger partial charge in [-0.05, 0) is 65.6 Å². The maximum atomic E-state index is 12.4. The summed E-state index contributed by atoms with van der Waals surface area (Å²) in [4.78, 5) is 17.3. The van der Waals surface area contributed by atoms with Gasteiger partial charge < -0.3 is 15.4 Å². The van der Waals surface area contributed by atoms with Crippen molar-refractivity contribution in [3.8, 4) is 16.9 Å². The SMILES string of the molecule is COc1cc2c(cc1Nc1nc3ccc(-c4ccc(NC(=O)Cc5ccc(Cl)cc5)cc4)cn3n1)CCS2(=O)=O. The van der Waals surface area contributed by atoms with Crippen LogP contribution in [0.25, 0.3) is 16.8 Å². The first-order valence-corrected chi connectivity index (χ1v) is 14.5. The highest BCUT2D eigenvalue weighted by Gasteiger charge is 2.28. The third-order valence-corrected chi connectivity index (χ3v) is 8.76. The summed E-state index contributed by atoms with van der Waals surface area (Å²) in [6, 6.07) is 21.9. The molecule has 40 heavy (non-hydrogen) atoms. The molecule has 0 atom stereocenters. The molecule has 0 fully saturated rings. The van der Waals surface area contributed by atoms with Crippen LogP contribution in [0.4, 0.5) is 17.3 Å². The van der Waals surface area contributed by atoms with Gasteiger partial charge in [0.2, 0.25) is 11.9 Å². The van der Waals surface area contributed by atoms with Crippen LogP contribution in [0.15, 0.2) is 83.9 Å². The number of carbonyl (C=O) groups excluding carboxylic acids is 1. The number of rotatable bonds is 7. The van der Waals surface area contributed by atoms with Crippen molar-refractivity contribution in [2.75, 3.05) is 23.5 Å². The third kappa shape index (κ3) is 5.23. The lowest BCUT2D eigenvalue weighted by molar-refractivity contribution is -0.115. The second-order valence-corrected chi connectivity index (χ2v) is 12.0. The van der Waals surface area contributed by atoms with E-state index in [2.05, 4.69) is 20.7 Å². The van der Waals surface area contributed by atoms with Crippen molar-refractivity contribution < 1.29 is 17.9 Å². The van der Waals surface area contributed by atoms with E-state index in [1.165, 1.54) is 7.11 Å². The van der Waals surface area contributed by atoms with E-state index in [-0.39, 0.29) is 18.1 Å². The standard InChI is InChI=1S/C29H24ClN5O4S/c1-39-25-16-26-20(12-13-40(26,37)38)15-24(25)32-29-33-27-11-6-21(17-35(27)34-29)19-4-9-23(10-5-19)31-28(36)14-18-2-7-22(30)8-3-18/h2-11,15-17H,12-14H2,1H3,(H,31,36)(H,32,34). The Morgan fingerprint density at radius 1 is 1.02 bits per heavy atom. The van der Waals surface area contributed by atoms with Gasteiger partial charge in [0, 0.05) is 28.5 Å². The van der Waals surface area contributed by atoms with E-state index in [0.29, 0.717) is 45.1 Å². The molecule has 2 aromatic heterocycles. The zero-order valence-corrected chi connectivity index (χ0v) is 23.0. The number of nitrogens with zero attached hydrogens (tertiary/aromatic N) is 3. The molecule has 1 aliphatic heterocycles. The van der Waals surface area contributed by atoms with E-state index in [4.69, 9.17) is 16.3 Å². The summed E-state index contributed by atoms with van der Waals surface area (Å²) in [5.41, 5.74) is 5.44. The Kier molecular flexibility index (Phi) is 6.65. The lowest BCUT2D eigenvalue weighted by Crippen LogP contribution is -2.14. The smallest absolute Gasteiger partial charge is 0.247 e. The predicted octanol–water partition coefficient (Wildman–Crippen LogP) is 5.31. The van der Waals surface area contributed by atoms with Crippen molar-refractivity contribution in [2.24, 2.45) is 0 Å². The van der Waals surface area contributed by atoms with Gasteiger partial charge in [0.1, 0.15) is 5.75 Å². The zero-order chi connectivity index (χ0) is 27.9. The van der Waals surface area contributed by atoms with Crippen LogP contribution < -0.4 is 15.4 Å². The molecule has 1 aliphatic rings. The van der Waals surface area contributed by atoms with Gasteiger partial charge in [-0.2, -0.15) is 4.98 Å². The maximum absolute atomic E-state index is 12.4. The summed E-state index contributed by atoms with van der Waals surface area (Å²) >= 11 is 5.91. The number of amides is 1. The summed E-state index contributed by atoms with van der Waals surface area (Å²) in [7, 11) is -1.78. The zero-order valence-electron chi connectivity index (χ0n) is 21.4. The highest BCUT2D eigenvalue weighted by molar-refractivity contribution is 7.91.